The standard InChI is InChI=1S/C18H18N4O2/c1-12-20-17(22-21-12)13-6-8-14(9-7-13)18(24)19-10-15-4-2-3-5-16(15)11-23/h2-9,23H,10-11H2,1H3,(H,19,24)(H,20,21,22). The third kappa shape index (κ3) is 3.49. The van der Waals surface area contributed by atoms with E-state index in [0.717, 1.165) is 22.5 Å². The van der Waals surface area contributed by atoms with Crippen molar-refractivity contribution in [2.45, 2.75) is 20.1 Å². The van der Waals surface area contributed by atoms with Gasteiger partial charge in [0, 0.05) is 17.7 Å². The number of benzene rings is 2. The summed E-state index contributed by atoms with van der Waals surface area (Å²) >= 11 is 0. The fourth-order valence-electron chi connectivity index (χ4n) is 2.40. The molecule has 6 nitrogen and oxygen atoms in total. The first-order valence-electron chi connectivity index (χ1n) is 7.62. The summed E-state index contributed by atoms with van der Waals surface area (Å²) < 4.78 is 0. The van der Waals surface area contributed by atoms with E-state index in [1.54, 1.807) is 12.1 Å². The van der Waals surface area contributed by atoms with E-state index in [0.29, 0.717) is 17.9 Å². The number of aromatic nitrogens is 3. The Labute approximate surface area is 139 Å². The molecule has 6 heteroatoms. The number of amides is 1. The monoisotopic (exact) mass is 322 g/mol. The van der Waals surface area contributed by atoms with Gasteiger partial charge in [-0.2, -0.15) is 5.10 Å². The number of aliphatic hydroxyl groups is 1. The number of carbonyl (C=O) groups is 1. The highest BCUT2D eigenvalue weighted by Gasteiger charge is 2.09. The van der Waals surface area contributed by atoms with Gasteiger partial charge in [-0.25, -0.2) is 4.98 Å². The van der Waals surface area contributed by atoms with E-state index in [1.165, 1.54) is 0 Å². The third-order valence-electron chi connectivity index (χ3n) is 3.73. The molecule has 0 aliphatic heterocycles. The van der Waals surface area contributed by atoms with Crippen LogP contribution < -0.4 is 5.32 Å². The smallest absolute Gasteiger partial charge is 0.251 e. The molecule has 0 saturated heterocycles. The zero-order chi connectivity index (χ0) is 16.9. The largest absolute Gasteiger partial charge is 0.392 e. The lowest BCUT2D eigenvalue weighted by Gasteiger charge is -2.09. The van der Waals surface area contributed by atoms with Gasteiger partial charge in [0.1, 0.15) is 5.82 Å². The number of aryl methyl sites for hydroxylation is 1. The van der Waals surface area contributed by atoms with Crippen LogP contribution in [0.3, 0.4) is 0 Å². The molecule has 0 aliphatic rings. The van der Waals surface area contributed by atoms with Gasteiger partial charge in [0.25, 0.3) is 5.91 Å². The molecule has 3 aromatic rings. The van der Waals surface area contributed by atoms with Gasteiger partial charge in [0.15, 0.2) is 5.82 Å². The SMILES string of the molecule is Cc1nc(-c2ccc(C(=O)NCc3ccccc3CO)cc2)n[nH]1. The number of H-pyrrole nitrogens is 1. The normalized spacial score (nSPS) is 10.6. The molecule has 1 aromatic heterocycles. The molecule has 0 fully saturated rings. The molecular weight excluding hydrogens is 304 g/mol. The van der Waals surface area contributed by atoms with Crippen molar-refractivity contribution in [2.75, 3.05) is 0 Å². The Morgan fingerprint density at radius 1 is 1.12 bits per heavy atom. The van der Waals surface area contributed by atoms with Crippen LogP contribution in [0.2, 0.25) is 0 Å². The van der Waals surface area contributed by atoms with Crippen LogP contribution in [0.1, 0.15) is 27.3 Å². The van der Waals surface area contributed by atoms with Gasteiger partial charge in [-0.1, -0.05) is 36.4 Å². The second-order valence-electron chi connectivity index (χ2n) is 5.43. The van der Waals surface area contributed by atoms with Crippen LogP contribution in [0.5, 0.6) is 0 Å². The van der Waals surface area contributed by atoms with E-state index in [9.17, 15) is 9.90 Å². The third-order valence-corrected chi connectivity index (χ3v) is 3.73. The molecular formula is C18H18N4O2. The van der Waals surface area contributed by atoms with Crippen LogP contribution in [0.25, 0.3) is 11.4 Å². The maximum absolute atomic E-state index is 12.3. The fourth-order valence-corrected chi connectivity index (χ4v) is 2.40. The van der Waals surface area contributed by atoms with Crippen LogP contribution in [0, 0.1) is 6.92 Å². The lowest BCUT2D eigenvalue weighted by atomic mass is 10.1. The topological polar surface area (TPSA) is 90.9 Å². The van der Waals surface area contributed by atoms with Gasteiger partial charge in [-0.3, -0.25) is 9.89 Å². The predicted octanol–water partition coefficient (Wildman–Crippen LogP) is 2.20. The van der Waals surface area contributed by atoms with Crippen molar-refractivity contribution in [3.63, 3.8) is 0 Å². The Bertz CT molecular complexity index is 840. The molecule has 0 radical (unpaired) electrons. The van der Waals surface area contributed by atoms with Gasteiger partial charge in [0.05, 0.1) is 6.61 Å². The van der Waals surface area contributed by atoms with Gasteiger partial charge in [0.2, 0.25) is 0 Å². The average Bonchev–Trinajstić information content (AvgIpc) is 3.06. The molecule has 0 saturated carbocycles. The van der Waals surface area contributed by atoms with Crippen molar-refractivity contribution < 1.29 is 9.90 Å². The highest BCUT2D eigenvalue weighted by Crippen LogP contribution is 2.15. The Hall–Kier alpha value is -2.99. The maximum atomic E-state index is 12.3. The number of aliphatic hydroxyl groups excluding tert-OH is 1. The van der Waals surface area contributed by atoms with Crippen molar-refractivity contribution >= 4 is 5.91 Å². The minimum atomic E-state index is -0.166. The van der Waals surface area contributed by atoms with E-state index in [2.05, 4.69) is 20.5 Å². The predicted molar refractivity (Wildman–Crippen MR) is 90.1 cm³/mol. The molecule has 0 spiro atoms. The molecule has 0 aliphatic carbocycles. The lowest BCUT2D eigenvalue weighted by Crippen LogP contribution is -2.23. The molecule has 0 atom stereocenters. The fraction of sp³-hybridized carbons (Fsp3) is 0.167. The Morgan fingerprint density at radius 2 is 1.83 bits per heavy atom. The number of hydrogen-bond donors (Lipinski definition) is 3. The number of hydrogen-bond acceptors (Lipinski definition) is 4. The Balaban J connectivity index is 1.67. The van der Waals surface area contributed by atoms with Crippen molar-refractivity contribution in [1.29, 1.82) is 0 Å². The van der Waals surface area contributed by atoms with E-state index >= 15 is 0 Å². The van der Waals surface area contributed by atoms with Gasteiger partial charge < -0.3 is 10.4 Å². The van der Waals surface area contributed by atoms with Crippen molar-refractivity contribution in [1.82, 2.24) is 20.5 Å². The minimum absolute atomic E-state index is 0.0448. The molecule has 0 unspecified atom stereocenters. The molecule has 1 amide bonds. The summed E-state index contributed by atoms with van der Waals surface area (Å²) in [5, 5.41) is 19.1. The summed E-state index contributed by atoms with van der Waals surface area (Å²) in [6, 6.07) is 14.6. The first-order valence-corrected chi connectivity index (χ1v) is 7.62. The summed E-state index contributed by atoms with van der Waals surface area (Å²) in [5.41, 5.74) is 3.13. The summed E-state index contributed by atoms with van der Waals surface area (Å²) in [4.78, 5) is 16.5. The number of nitrogens with one attached hydrogen (secondary N) is 2. The quantitative estimate of drug-likeness (QED) is 0.671. The first-order chi connectivity index (χ1) is 11.7. The van der Waals surface area contributed by atoms with Crippen molar-refractivity contribution in [3.05, 3.63) is 71.0 Å². The first kappa shape index (κ1) is 15.9. The van der Waals surface area contributed by atoms with Gasteiger partial charge >= 0.3 is 0 Å². The van der Waals surface area contributed by atoms with Crippen LogP contribution in [-0.4, -0.2) is 26.2 Å². The minimum Gasteiger partial charge on any atom is -0.392 e. The zero-order valence-electron chi connectivity index (χ0n) is 13.3. The number of aromatic amines is 1. The highest BCUT2D eigenvalue weighted by molar-refractivity contribution is 5.94. The molecule has 0 bridgehead atoms. The summed E-state index contributed by atoms with van der Waals surface area (Å²) in [6.07, 6.45) is 0. The van der Waals surface area contributed by atoms with Gasteiger partial charge in [-0.05, 0) is 30.2 Å². The Kier molecular flexibility index (Phi) is 4.67. The summed E-state index contributed by atoms with van der Waals surface area (Å²) in [5.74, 6) is 1.19. The summed E-state index contributed by atoms with van der Waals surface area (Å²) in [7, 11) is 0. The summed E-state index contributed by atoms with van der Waals surface area (Å²) in [6.45, 7) is 2.16. The molecule has 24 heavy (non-hydrogen) atoms. The molecule has 122 valence electrons. The van der Waals surface area contributed by atoms with Crippen molar-refractivity contribution in [2.24, 2.45) is 0 Å². The van der Waals surface area contributed by atoms with E-state index in [4.69, 9.17) is 0 Å². The zero-order valence-corrected chi connectivity index (χ0v) is 13.3. The number of carbonyl (C=O) groups excluding carboxylic acids is 1. The highest BCUT2D eigenvalue weighted by atomic mass is 16.3. The van der Waals surface area contributed by atoms with E-state index < -0.39 is 0 Å². The van der Waals surface area contributed by atoms with Crippen LogP contribution in [0.15, 0.2) is 48.5 Å². The Morgan fingerprint density at radius 3 is 2.46 bits per heavy atom. The van der Waals surface area contributed by atoms with Crippen LogP contribution in [0.4, 0.5) is 0 Å². The maximum Gasteiger partial charge on any atom is 0.251 e. The van der Waals surface area contributed by atoms with Crippen molar-refractivity contribution in [3.8, 4) is 11.4 Å². The van der Waals surface area contributed by atoms with Crippen LogP contribution in [-0.2, 0) is 13.2 Å². The second-order valence-corrected chi connectivity index (χ2v) is 5.43. The molecule has 2 aromatic carbocycles. The lowest BCUT2D eigenvalue weighted by molar-refractivity contribution is 0.0950. The number of nitrogens with zero attached hydrogens (tertiary/aromatic N) is 2. The van der Waals surface area contributed by atoms with E-state index in [1.807, 2.05) is 43.3 Å². The molecule has 3 rings (SSSR count). The molecule has 1 heterocycles. The van der Waals surface area contributed by atoms with Gasteiger partial charge in [-0.15, -0.1) is 0 Å². The average molecular weight is 322 g/mol. The second kappa shape index (κ2) is 7.06. The van der Waals surface area contributed by atoms with Crippen LogP contribution >= 0.6 is 0 Å². The molecule has 3 N–H and O–H groups in total. The van der Waals surface area contributed by atoms with E-state index in [-0.39, 0.29) is 12.5 Å². The number of rotatable bonds is 5.